The minimum Gasteiger partial charge on any atom is -0.381 e. The molecule has 0 aromatic rings. The molecule has 156 valence electrons. The van der Waals surface area contributed by atoms with Crippen molar-refractivity contribution in [1.29, 1.82) is 0 Å². The zero-order valence-corrected chi connectivity index (χ0v) is 17.3. The number of carbonyl (C=O) groups is 1. The van der Waals surface area contributed by atoms with Crippen LogP contribution < -0.4 is 16.0 Å². The lowest BCUT2D eigenvalue weighted by molar-refractivity contribution is -0.126. The van der Waals surface area contributed by atoms with Gasteiger partial charge in [0.15, 0.2) is 5.96 Å². The van der Waals surface area contributed by atoms with Gasteiger partial charge in [0.1, 0.15) is 0 Å². The van der Waals surface area contributed by atoms with E-state index in [1.165, 1.54) is 0 Å². The fourth-order valence-corrected chi connectivity index (χ4v) is 3.70. The molecule has 7 nitrogen and oxygen atoms in total. The lowest BCUT2D eigenvalue weighted by atomic mass is 9.85. The Bertz CT molecular complexity index is 464. The average Bonchev–Trinajstić information content (AvgIpc) is 3.16. The van der Waals surface area contributed by atoms with Crippen molar-refractivity contribution in [2.45, 2.75) is 64.5 Å². The lowest BCUT2D eigenvalue weighted by Gasteiger charge is -2.30. The van der Waals surface area contributed by atoms with Crippen molar-refractivity contribution in [2.75, 3.05) is 40.0 Å². The Morgan fingerprint density at radius 1 is 1.30 bits per heavy atom. The van der Waals surface area contributed by atoms with E-state index in [1.807, 2.05) is 13.8 Å². The van der Waals surface area contributed by atoms with Gasteiger partial charge in [0.2, 0.25) is 5.91 Å². The van der Waals surface area contributed by atoms with Gasteiger partial charge < -0.3 is 25.4 Å². The topological polar surface area (TPSA) is 84.0 Å². The molecule has 3 unspecified atom stereocenters. The molecule has 1 amide bonds. The smallest absolute Gasteiger partial charge is 0.223 e. The van der Waals surface area contributed by atoms with Gasteiger partial charge in [-0.3, -0.25) is 9.79 Å². The zero-order valence-electron chi connectivity index (χ0n) is 17.3. The first-order chi connectivity index (χ1) is 13.1. The summed E-state index contributed by atoms with van der Waals surface area (Å²) in [5.74, 6) is 1.67. The normalized spacial score (nSPS) is 26.2. The highest BCUT2D eigenvalue weighted by molar-refractivity contribution is 5.81. The molecule has 0 bridgehead atoms. The van der Waals surface area contributed by atoms with Crippen LogP contribution in [0.15, 0.2) is 4.99 Å². The Labute approximate surface area is 164 Å². The number of carbonyl (C=O) groups excluding carboxylic acids is 1. The van der Waals surface area contributed by atoms with Gasteiger partial charge in [-0.1, -0.05) is 6.42 Å². The van der Waals surface area contributed by atoms with Gasteiger partial charge >= 0.3 is 0 Å². The molecular formula is C20H38N4O3. The molecule has 1 saturated carbocycles. The molecule has 0 spiro atoms. The Morgan fingerprint density at radius 2 is 2.15 bits per heavy atom. The molecule has 2 rings (SSSR count). The Balaban J connectivity index is 1.60. The Morgan fingerprint density at radius 3 is 2.85 bits per heavy atom. The van der Waals surface area contributed by atoms with E-state index < -0.39 is 0 Å². The van der Waals surface area contributed by atoms with Gasteiger partial charge in [0.25, 0.3) is 0 Å². The van der Waals surface area contributed by atoms with E-state index in [0.29, 0.717) is 12.0 Å². The van der Waals surface area contributed by atoms with Crippen molar-refractivity contribution in [1.82, 2.24) is 16.0 Å². The minimum atomic E-state index is 0.102. The van der Waals surface area contributed by atoms with Crippen molar-refractivity contribution >= 4 is 11.9 Å². The third kappa shape index (κ3) is 8.47. The number of nitrogens with zero attached hydrogens (tertiary/aromatic N) is 1. The highest BCUT2D eigenvalue weighted by Crippen LogP contribution is 2.24. The van der Waals surface area contributed by atoms with E-state index in [4.69, 9.17) is 9.47 Å². The van der Waals surface area contributed by atoms with Crippen LogP contribution in [0.3, 0.4) is 0 Å². The standard InChI is InChI=1S/C20H38N4O3/c1-15(2)23-19(25)17-6-4-7-18(12-17)24-20(21-3)22-9-5-10-26-13-16-8-11-27-14-16/h15-18H,4-14H2,1-3H3,(H,23,25)(H2,21,22,24). The molecule has 0 radical (unpaired) electrons. The molecule has 1 aliphatic heterocycles. The number of amides is 1. The number of rotatable bonds is 9. The summed E-state index contributed by atoms with van der Waals surface area (Å²) in [6, 6.07) is 0.496. The number of guanidine groups is 1. The van der Waals surface area contributed by atoms with Crippen molar-refractivity contribution in [3.8, 4) is 0 Å². The van der Waals surface area contributed by atoms with Crippen LogP contribution in [0.4, 0.5) is 0 Å². The number of hydrogen-bond acceptors (Lipinski definition) is 4. The molecule has 3 N–H and O–H groups in total. The summed E-state index contributed by atoms with van der Waals surface area (Å²) < 4.78 is 11.1. The van der Waals surface area contributed by atoms with Crippen LogP contribution in [0.1, 0.15) is 52.4 Å². The lowest BCUT2D eigenvalue weighted by Crippen LogP contribution is -2.47. The summed E-state index contributed by atoms with van der Waals surface area (Å²) in [5.41, 5.74) is 0. The van der Waals surface area contributed by atoms with E-state index in [1.54, 1.807) is 7.05 Å². The summed E-state index contributed by atoms with van der Waals surface area (Å²) in [6.07, 6.45) is 6.06. The number of aliphatic imine (C=N–C) groups is 1. The molecule has 2 fully saturated rings. The van der Waals surface area contributed by atoms with Gasteiger partial charge in [0, 0.05) is 50.7 Å². The van der Waals surface area contributed by atoms with E-state index in [9.17, 15) is 4.79 Å². The van der Waals surface area contributed by atoms with Crippen molar-refractivity contribution in [3.05, 3.63) is 0 Å². The number of nitrogens with one attached hydrogen (secondary N) is 3. The third-order valence-corrected chi connectivity index (χ3v) is 5.18. The first-order valence-corrected chi connectivity index (χ1v) is 10.5. The van der Waals surface area contributed by atoms with Crippen LogP contribution in [0.25, 0.3) is 0 Å². The zero-order chi connectivity index (χ0) is 19.5. The van der Waals surface area contributed by atoms with Gasteiger partial charge in [-0.2, -0.15) is 0 Å². The molecule has 1 aliphatic carbocycles. The van der Waals surface area contributed by atoms with Gasteiger partial charge in [0.05, 0.1) is 13.2 Å². The molecule has 1 heterocycles. The quantitative estimate of drug-likeness (QED) is 0.321. The van der Waals surface area contributed by atoms with Crippen molar-refractivity contribution in [3.63, 3.8) is 0 Å². The van der Waals surface area contributed by atoms with Crippen LogP contribution >= 0.6 is 0 Å². The van der Waals surface area contributed by atoms with E-state index in [-0.39, 0.29) is 17.9 Å². The maximum absolute atomic E-state index is 12.3. The molecule has 7 heteroatoms. The van der Waals surface area contributed by atoms with Crippen LogP contribution in [0.5, 0.6) is 0 Å². The Kier molecular flexibility index (Phi) is 9.91. The maximum atomic E-state index is 12.3. The molecule has 27 heavy (non-hydrogen) atoms. The van der Waals surface area contributed by atoms with Crippen LogP contribution in [0.2, 0.25) is 0 Å². The minimum absolute atomic E-state index is 0.102. The fourth-order valence-electron chi connectivity index (χ4n) is 3.70. The summed E-state index contributed by atoms with van der Waals surface area (Å²) in [7, 11) is 1.79. The number of ether oxygens (including phenoxy) is 2. The first-order valence-electron chi connectivity index (χ1n) is 10.5. The maximum Gasteiger partial charge on any atom is 0.223 e. The largest absolute Gasteiger partial charge is 0.381 e. The molecule has 0 aromatic heterocycles. The predicted octanol–water partition coefficient (Wildman–Crippen LogP) is 1.68. The van der Waals surface area contributed by atoms with E-state index >= 15 is 0 Å². The highest BCUT2D eigenvalue weighted by Gasteiger charge is 2.27. The Hall–Kier alpha value is -1.34. The van der Waals surface area contributed by atoms with E-state index in [0.717, 1.165) is 77.5 Å². The van der Waals surface area contributed by atoms with Gasteiger partial charge in [-0.25, -0.2) is 0 Å². The summed E-state index contributed by atoms with van der Waals surface area (Å²) in [6.45, 7) is 8.10. The highest BCUT2D eigenvalue weighted by atomic mass is 16.5. The molecule has 1 saturated heterocycles. The van der Waals surface area contributed by atoms with Crippen LogP contribution in [-0.4, -0.2) is 64.0 Å². The second kappa shape index (κ2) is 12.2. The summed E-state index contributed by atoms with van der Waals surface area (Å²) in [4.78, 5) is 16.6. The van der Waals surface area contributed by atoms with Gasteiger partial charge in [-0.05, 0) is 46.0 Å². The molecular weight excluding hydrogens is 344 g/mol. The summed E-state index contributed by atoms with van der Waals surface area (Å²) >= 11 is 0. The molecule has 3 atom stereocenters. The van der Waals surface area contributed by atoms with Crippen molar-refractivity contribution < 1.29 is 14.3 Å². The fraction of sp³-hybridized carbons (Fsp3) is 0.900. The SMILES string of the molecule is CN=C(NCCCOCC1CCOC1)NC1CCCC(C(=O)NC(C)C)C1. The van der Waals surface area contributed by atoms with E-state index in [2.05, 4.69) is 20.9 Å². The molecule has 2 aliphatic rings. The average molecular weight is 383 g/mol. The number of hydrogen-bond donors (Lipinski definition) is 3. The second-order valence-electron chi connectivity index (χ2n) is 8.03. The second-order valence-corrected chi connectivity index (χ2v) is 8.03. The van der Waals surface area contributed by atoms with Crippen molar-refractivity contribution in [2.24, 2.45) is 16.8 Å². The van der Waals surface area contributed by atoms with Gasteiger partial charge in [-0.15, -0.1) is 0 Å². The molecule has 0 aromatic carbocycles. The first kappa shape index (κ1) is 22.0. The monoisotopic (exact) mass is 382 g/mol. The van der Waals surface area contributed by atoms with Crippen LogP contribution in [0, 0.1) is 11.8 Å². The third-order valence-electron chi connectivity index (χ3n) is 5.18. The van der Waals surface area contributed by atoms with Crippen LogP contribution in [-0.2, 0) is 14.3 Å². The summed E-state index contributed by atoms with van der Waals surface area (Å²) in [5, 5.41) is 9.88. The predicted molar refractivity (Wildman–Crippen MR) is 108 cm³/mol.